The van der Waals surface area contributed by atoms with Crippen molar-refractivity contribution >= 4 is 11.6 Å². The van der Waals surface area contributed by atoms with Crippen molar-refractivity contribution in [3.8, 4) is 6.07 Å². The van der Waals surface area contributed by atoms with Gasteiger partial charge in [-0.2, -0.15) is 5.26 Å². The number of nitriles is 1. The Kier molecular flexibility index (Phi) is 3.76. The molecule has 5 heteroatoms. The third-order valence-corrected chi connectivity index (χ3v) is 2.83. The molecule has 2 aromatic carbocycles. The van der Waals surface area contributed by atoms with Crippen molar-refractivity contribution in [3.63, 3.8) is 0 Å². The summed E-state index contributed by atoms with van der Waals surface area (Å²) < 4.78 is 26.0. The molecule has 0 aliphatic heterocycles. The van der Waals surface area contributed by atoms with Gasteiger partial charge in [0.15, 0.2) is 11.6 Å². The van der Waals surface area contributed by atoms with Crippen LogP contribution < -0.4 is 4.90 Å². The molecular weight excluding hydrogens is 262 g/mol. The van der Waals surface area contributed by atoms with E-state index in [1.54, 1.807) is 18.2 Å². The molecule has 0 aromatic heterocycles. The van der Waals surface area contributed by atoms with Crippen LogP contribution in [0.4, 0.5) is 14.5 Å². The van der Waals surface area contributed by atoms with Gasteiger partial charge in [-0.25, -0.2) is 8.78 Å². The van der Waals surface area contributed by atoms with Crippen LogP contribution in [-0.2, 0) is 0 Å². The number of benzene rings is 2. The summed E-state index contributed by atoms with van der Waals surface area (Å²) >= 11 is 0. The molecule has 0 saturated carbocycles. The summed E-state index contributed by atoms with van der Waals surface area (Å²) in [6, 6.07) is 11.4. The number of nitrogens with zero attached hydrogens (tertiary/aromatic N) is 2. The van der Waals surface area contributed by atoms with Crippen molar-refractivity contribution in [2.24, 2.45) is 0 Å². The molecule has 0 spiro atoms. The molecule has 2 aromatic rings. The standard InChI is InChI=1S/C15H10F2N2O/c1-19(12-4-2-3-10(7-12)9-18)15(20)11-5-6-13(16)14(17)8-11/h2-8H,1H3. The molecule has 3 nitrogen and oxygen atoms in total. The number of carbonyl (C=O) groups excluding carboxylic acids is 1. The zero-order valence-corrected chi connectivity index (χ0v) is 10.6. The van der Waals surface area contributed by atoms with E-state index in [0.29, 0.717) is 11.3 Å². The summed E-state index contributed by atoms with van der Waals surface area (Å²) in [6.07, 6.45) is 0. The number of halogens is 2. The topological polar surface area (TPSA) is 44.1 Å². The van der Waals surface area contributed by atoms with Crippen LogP contribution in [0.25, 0.3) is 0 Å². The van der Waals surface area contributed by atoms with Gasteiger partial charge < -0.3 is 4.90 Å². The van der Waals surface area contributed by atoms with Crippen LogP contribution >= 0.6 is 0 Å². The Morgan fingerprint density at radius 3 is 2.55 bits per heavy atom. The van der Waals surface area contributed by atoms with Crippen LogP contribution in [0.2, 0.25) is 0 Å². The van der Waals surface area contributed by atoms with Crippen LogP contribution in [0.3, 0.4) is 0 Å². The molecule has 0 atom stereocenters. The first-order valence-electron chi connectivity index (χ1n) is 5.76. The molecule has 0 radical (unpaired) electrons. The molecule has 0 aliphatic rings. The predicted molar refractivity (Wildman–Crippen MR) is 70.2 cm³/mol. The van der Waals surface area contributed by atoms with Gasteiger partial charge in [-0.05, 0) is 36.4 Å². The first kappa shape index (κ1) is 13.7. The molecule has 0 bridgehead atoms. The SMILES string of the molecule is CN(C(=O)c1ccc(F)c(F)c1)c1cccc(C#N)c1. The molecule has 0 fully saturated rings. The van der Waals surface area contributed by atoms with Crippen LogP contribution in [0.15, 0.2) is 42.5 Å². The fourth-order valence-corrected chi connectivity index (χ4v) is 1.72. The minimum atomic E-state index is -1.07. The zero-order valence-electron chi connectivity index (χ0n) is 10.6. The number of hydrogen-bond acceptors (Lipinski definition) is 2. The van der Waals surface area contributed by atoms with E-state index < -0.39 is 17.5 Å². The van der Waals surface area contributed by atoms with Gasteiger partial charge in [0.1, 0.15) is 0 Å². The molecule has 20 heavy (non-hydrogen) atoms. The highest BCUT2D eigenvalue weighted by atomic mass is 19.2. The van der Waals surface area contributed by atoms with Crippen LogP contribution in [0.5, 0.6) is 0 Å². The van der Waals surface area contributed by atoms with Crippen molar-refractivity contribution in [2.45, 2.75) is 0 Å². The first-order chi connectivity index (χ1) is 9.52. The van der Waals surface area contributed by atoms with Crippen LogP contribution in [-0.4, -0.2) is 13.0 Å². The van der Waals surface area contributed by atoms with E-state index in [4.69, 9.17) is 5.26 Å². The molecule has 2 rings (SSSR count). The maximum Gasteiger partial charge on any atom is 0.258 e. The van der Waals surface area contributed by atoms with Crippen molar-refractivity contribution < 1.29 is 13.6 Å². The number of rotatable bonds is 2. The summed E-state index contributed by atoms with van der Waals surface area (Å²) in [4.78, 5) is 13.4. The van der Waals surface area contributed by atoms with E-state index in [-0.39, 0.29) is 5.56 Å². The third kappa shape index (κ3) is 2.64. The third-order valence-electron chi connectivity index (χ3n) is 2.83. The lowest BCUT2D eigenvalue weighted by atomic mass is 10.1. The lowest BCUT2D eigenvalue weighted by Gasteiger charge is -2.17. The average molecular weight is 272 g/mol. The number of hydrogen-bond donors (Lipinski definition) is 0. The zero-order chi connectivity index (χ0) is 14.7. The largest absolute Gasteiger partial charge is 0.311 e. The summed E-state index contributed by atoms with van der Waals surface area (Å²) in [5.41, 5.74) is 0.944. The van der Waals surface area contributed by atoms with Gasteiger partial charge in [0.05, 0.1) is 11.6 Å². The Bertz CT molecular complexity index is 707. The lowest BCUT2D eigenvalue weighted by Crippen LogP contribution is -2.26. The van der Waals surface area contributed by atoms with Gasteiger partial charge in [-0.3, -0.25) is 4.79 Å². The Labute approximate surface area is 114 Å². The summed E-state index contributed by atoms with van der Waals surface area (Å²) in [5.74, 6) is -2.57. The fraction of sp³-hybridized carbons (Fsp3) is 0.0667. The molecule has 0 unspecified atom stereocenters. The fourth-order valence-electron chi connectivity index (χ4n) is 1.72. The van der Waals surface area contributed by atoms with Crippen molar-refractivity contribution in [1.29, 1.82) is 5.26 Å². The molecule has 0 saturated heterocycles. The van der Waals surface area contributed by atoms with Crippen molar-refractivity contribution in [3.05, 3.63) is 65.2 Å². The van der Waals surface area contributed by atoms with Crippen molar-refractivity contribution in [1.82, 2.24) is 0 Å². The first-order valence-corrected chi connectivity index (χ1v) is 5.76. The smallest absolute Gasteiger partial charge is 0.258 e. The average Bonchev–Trinajstić information content (AvgIpc) is 2.48. The summed E-state index contributed by atoms with van der Waals surface area (Å²) in [5, 5.41) is 8.82. The molecular formula is C15H10F2N2O. The molecule has 0 heterocycles. The summed E-state index contributed by atoms with van der Waals surface area (Å²) in [6.45, 7) is 0. The quantitative estimate of drug-likeness (QED) is 0.843. The Morgan fingerprint density at radius 1 is 1.15 bits per heavy atom. The molecule has 100 valence electrons. The minimum Gasteiger partial charge on any atom is -0.311 e. The highest BCUT2D eigenvalue weighted by molar-refractivity contribution is 6.05. The van der Waals surface area contributed by atoms with Gasteiger partial charge in [0.25, 0.3) is 5.91 Å². The number of anilines is 1. The summed E-state index contributed by atoms with van der Waals surface area (Å²) in [7, 11) is 1.50. The van der Waals surface area contributed by atoms with E-state index in [1.165, 1.54) is 24.1 Å². The van der Waals surface area contributed by atoms with E-state index >= 15 is 0 Å². The highest BCUT2D eigenvalue weighted by Crippen LogP contribution is 2.18. The second-order valence-corrected chi connectivity index (χ2v) is 4.16. The normalized spacial score (nSPS) is 9.90. The van der Waals surface area contributed by atoms with Gasteiger partial charge in [0, 0.05) is 18.3 Å². The van der Waals surface area contributed by atoms with E-state index in [0.717, 1.165) is 12.1 Å². The van der Waals surface area contributed by atoms with Gasteiger partial charge in [0.2, 0.25) is 0 Å². The Balaban J connectivity index is 2.32. The minimum absolute atomic E-state index is 0.0359. The number of carbonyl (C=O) groups is 1. The number of amides is 1. The predicted octanol–water partition coefficient (Wildman–Crippen LogP) is 3.11. The van der Waals surface area contributed by atoms with Gasteiger partial charge in [-0.15, -0.1) is 0 Å². The van der Waals surface area contributed by atoms with Crippen LogP contribution in [0, 0.1) is 23.0 Å². The highest BCUT2D eigenvalue weighted by Gasteiger charge is 2.15. The van der Waals surface area contributed by atoms with Gasteiger partial charge in [-0.1, -0.05) is 6.07 Å². The van der Waals surface area contributed by atoms with Crippen LogP contribution in [0.1, 0.15) is 15.9 Å². The molecule has 0 N–H and O–H groups in total. The van der Waals surface area contributed by atoms with E-state index in [1.807, 2.05) is 6.07 Å². The monoisotopic (exact) mass is 272 g/mol. The van der Waals surface area contributed by atoms with E-state index in [9.17, 15) is 13.6 Å². The Morgan fingerprint density at radius 2 is 1.90 bits per heavy atom. The van der Waals surface area contributed by atoms with Crippen molar-refractivity contribution in [2.75, 3.05) is 11.9 Å². The van der Waals surface area contributed by atoms with E-state index in [2.05, 4.69) is 0 Å². The lowest BCUT2D eigenvalue weighted by molar-refractivity contribution is 0.0992. The second-order valence-electron chi connectivity index (χ2n) is 4.16. The Hall–Kier alpha value is -2.74. The maximum atomic E-state index is 13.1. The van der Waals surface area contributed by atoms with Gasteiger partial charge >= 0.3 is 0 Å². The maximum absolute atomic E-state index is 13.1. The second kappa shape index (κ2) is 5.49. The molecule has 0 aliphatic carbocycles. The molecule has 1 amide bonds.